The summed E-state index contributed by atoms with van der Waals surface area (Å²) in [6, 6.07) is 7.03. The summed E-state index contributed by atoms with van der Waals surface area (Å²) in [5.74, 6) is 0.830. The van der Waals surface area contributed by atoms with E-state index in [0.717, 1.165) is 38.0 Å². The molecular formula is C18H26N2O. The average molecular weight is 286 g/mol. The molecule has 0 spiro atoms. The predicted molar refractivity (Wildman–Crippen MR) is 86.8 cm³/mol. The van der Waals surface area contributed by atoms with Crippen LogP contribution in [0.15, 0.2) is 18.2 Å². The Morgan fingerprint density at radius 3 is 2.95 bits per heavy atom. The summed E-state index contributed by atoms with van der Waals surface area (Å²) in [5, 5.41) is 3.43. The number of hydrogen-bond donors (Lipinski definition) is 1. The number of anilines is 1. The number of carbonyl (C=O) groups excluding carboxylic acids is 1. The van der Waals surface area contributed by atoms with Gasteiger partial charge in [-0.1, -0.05) is 26.0 Å². The maximum Gasteiger partial charge on any atom is 0.228 e. The van der Waals surface area contributed by atoms with E-state index in [4.69, 9.17) is 0 Å². The molecule has 3 nitrogen and oxygen atoms in total. The summed E-state index contributed by atoms with van der Waals surface area (Å²) in [7, 11) is 0. The molecule has 21 heavy (non-hydrogen) atoms. The van der Waals surface area contributed by atoms with Crippen molar-refractivity contribution < 1.29 is 4.79 Å². The van der Waals surface area contributed by atoms with Crippen molar-refractivity contribution in [2.45, 2.75) is 57.9 Å². The molecule has 2 aliphatic heterocycles. The molecule has 0 aromatic heterocycles. The third-order valence-electron chi connectivity index (χ3n) is 4.77. The van der Waals surface area contributed by atoms with Gasteiger partial charge in [-0.05, 0) is 55.3 Å². The quantitative estimate of drug-likeness (QED) is 0.925. The van der Waals surface area contributed by atoms with E-state index >= 15 is 0 Å². The smallest absolute Gasteiger partial charge is 0.228 e. The lowest BCUT2D eigenvalue weighted by molar-refractivity contribution is -0.119. The average Bonchev–Trinajstić information content (AvgIpc) is 2.98. The Balaban J connectivity index is 1.77. The fourth-order valence-corrected chi connectivity index (χ4v) is 3.49. The highest BCUT2D eigenvalue weighted by atomic mass is 16.2. The molecule has 1 N–H and O–H groups in total. The van der Waals surface area contributed by atoms with Crippen LogP contribution >= 0.6 is 0 Å². The molecular weight excluding hydrogens is 260 g/mol. The van der Waals surface area contributed by atoms with Crippen molar-refractivity contribution >= 4 is 11.6 Å². The number of hydrogen-bond acceptors (Lipinski definition) is 2. The van der Waals surface area contributed by atoms with Crippen molar-refractivity contribution in [3.63, 3.8) is 0 Å². The molecule has 0 bridgehead atoms. The van der Waals surface area contributed by atoms with Crippen LogP contribution in [-0.2, 0) is 11.2 Å². The van der Waals surface area contributed by atoms with Crippen LogP contribution in [0, 0.1) is 0 Å². The monoisotopic (exact) mass is 286 g/mol. The van der Waals surface area contributed by atoms with E-state index in [9.17, 15) is 4.79 Å². The molecule has 1 saturated heterocycles. The number of fused-ring (bicyclic) bond motifs is 1. The normalized spacial score (nSPS) is 21.7. The number of amides is 1. The minimum atomic E-state index is 0.285. The van der Waals surface area contributed by atoms with E-state index in [-0.39, 0.29) is 5.91 Å². The highest BCUT2D eigenvalue weighted by Crippen LogP contribution is 2.31. The summed E-state index contributed by atoms with van der Waals surface area (Å²) in [6.45, 7) is 6.38. The summed E-state index contributed by atoms with van der Waals surface area (Å²) in [6.07, 6.45) is 5.16. The number of rotatable bonds is 3. The molecule has 0 saturated carbocycles. The van der Waals surface area contributed by atoms with Crippen molar-refractivity contribution in [1.29, 1.82) is 0 Å². The fourth-order valence-electron chi connectivity index (χ4n) is 3.49. The summed E-state index contributed by atoms with van der Waals surface area (Å²) in [4.78, 5) is 14.6. The Morgan fingerprint density at radius 2 is 2.24 bits per heavy atom. The van der Waals surface area contributed by atoms with Crippen LogP contribution in [0.1, 0.15) is 56.6 Å². The third-order valence-corrected chi connectivity index (χ3v) is 4.77. The first-order valence-electron chi connectivity index (χ1n) is 8.31. The molecule has 1 fully saturated rings. The number of aryl methyl sites for hydroxylation is 1. The minimum Gasteiger partial charge on any atom is -0.313 e. The highest BCUT2D eigenvalue weighted by Gasteiger charge is 2.26. The molecule has 1 unspecified atom stereocenters. The van der Waals surface area contributed by atoms with Gasteiger partial charge in [-0.2, -0.15) is 0 Å². The van der Waals surface area contributed by atoms with Crippen molar-refractivity contribution in [3.05, 3.63) is 29.3 Å². The van der Waals surface area contributed by atoms with Gasteiger partial charge in [0.25, 0.3) is 0 Å². The standard InChI is InChI=1S/C18H26N2O/c1-13(2)14-7-8-17-15(11-14)5-4-10-20(17)18(21)12-16-6-3-9-19-16/h7-8,11,13,16,19H,3-6,9-10,12H2,1-2H3. The predicted octanol–water partition coefficient (Wildman–Crippen LogP) is 3.23. The van der Waals surface area contributed by atoms with Gasteiger partial charge in [0, 0.05) is 24.7 Å². The van der Waals surface area contributed by atoms with Gasteiger partial charge in [0.15, 0.2) is 0 Å². The van der Waals surface area contributed by atoms with Crippen LogP contribution in [0.4, 0.5) is 5.69 Å². The van der Waals surface area contributed by atoms with Gasteiger partial charge >= 0.3 is 0 Å². The highest BCUT2D eigenvalue weighted by molar-refractivity contribution is 5.95. The molecule has 2 heterocycles. The summed E-state index contributed by atoms with van der Waals surface area (Å²) in [5.41, 5.74) is 3.87. The van der Waals surface area contributed by atoms with Gasteiger partial charge in [0.2, 0.25) is 5.91 Å². The van der Waals surface area contributed by atoms with E-state index in [1.54, 1.807) is 0 Å². The van der Waals surface area contributed by atoms with Crippen molar-refractivity contribution in [1.82, 2.24) is 5.32 Å². The largest absolute Gasteiger partial charge is 0.313 e. The Labute approximate surface area is 127 Å². The summed E-state index contributed by atoms with van der Waals surface area (Å²) >= 11 is 0. The molecule has 1 atom stereocenters. The van der Waals surface area contributed by atoms with Gasteiger partial charge < -0.3 is 10.2 Å². The van der Waals surface area contributed by atoms with Gasteiger partial charge in [0.1, 0.15) is 0 Å². The molecule has 3 heteroatoms. The van der Waals surface area contributed by atoms with Crippen LogP contribution in [-0.4, -0.2) is 25.0 Å². The molecule has 0 aliphatic carbocycles. The number of benzene rings is 1. The molecule has 0 radical (unpaired) electrons. The zero-order valence-electron chi connectivity index (χ0n) is 13.2. The fraction of sp³-hybridized carbons (Fsp3) is 0.611. The van der Waals surface area contributed by atoms with Crippen LogP contribution in [0.2, 0.25) is 0 Å². The maximum absolute atomic E-state index is 12.6. The van der Waals surface area contributed by atoms with E-state index in [1.165, 1.54) is 17.5 Å². The first-order valence-corrected chi connectivity index (χ1v) is 8.31. The second-order valence-corrected chi connectivity index (χ2v) is 6.69. The van der Waals surface area contributed by atoms with E-state index < -0.39 is 0 Å². The van der Waals surface area contributed by atoms with Gasteiger partial charge in [-0.15, -0.1) is 0 Å². The van der Waals surface area contributed by atoms with E-state index in [2.05, 4.69) is 37.4 Å². The summed E-state index contributed by atoms with van der Waals surface area (Å²) < 4.78 is 0. The van der Waals surface area contributed by atoms with Crippen LogP contribution in [0.3, 0.4) is 0 Å². The van der Waals surface area contributed by atoms with E-state index in [0.29, 0.717) is 18.4 Å². The van der Waals surface area contributed by atoms with Crippen molar-refractivity contribution in [2.24, 2.45) is 0 Å². The third kappa shape index (κ3) is 3.13. The second kappa shape index (κ2) is 6.18. The lowest BCUT2D eigenvalue weighted by Gasteiger charge is -2.31. The Morgan fingerprint density at radius 1 is 1.38 bits per heavy atom. The Bertz CT molecular complexity index is 518. The molecule has 1 amide bonds. The van der Waals surface area contributed by atoms with Gasteiger partial charge in [0.05, 0.1) is 0 Å². The van der Waals surface area contributed by atoms with Crippen LogP contribution in [0.25, 0.3) is 0 Å². The van der Waals surface area contributed by atoms with Crippen molar-refractivity contribution in [3.8, 4) is 0 Å². The van der Waals surface area contributed by atoms with Crippen LogP contribution < -0.4 is 10.2 Å². The first-order chi connectivity index (χ1) is 10.1. The zero-order chi connectivity index (χ0) is 14.8. The SMILES string of the molecule is CC(C)c1ccc2c(c1)CCCN2C(=O)CC1CCCN1. The molecule has 114 valence electrons. The van der Waals surface area contributed by atoms with E-state index in [1.807, 2.05) is 4.90 Å². The van der Waals surface area contributed by atoms with Gasteiger partial charge in [-0.25, -0.2) is 0 Å². The van der Waals surface area contributed by atoms with Gasteiger partial charge in [-0.3, -0.25) is 4.79 Å². The number of nitrogens with one attached hydrogen (secondary N) is 1. The molecule has 1 aromatic carbocycles. The number of nitrogens with zero attached hydrogens (tertiary/aromatic N) is 1. The molecule has 3 rings (SSSR count). The van der Waals surface area contributed by atoms with Crippen LogP contribution in [0.5, 0.6) is 0 Å². The Hall–Kier alpha value is -1.35. The maximum atomic E-state index is 12.6. The van der Waals surface area contributed by atoms with Crippen molar-refractivity contribution in [2.75, 3.05) is 18.0 Å². The molecule has 1 aromatic rings. The number of carbonyl (C=O) groups is 1. The Kier molecular flexibility index (Phi) is 4.29. The first kappa shape index (κ1) is 14.6. The lowest BCUT2D eigenvalue weighted by Crippen LogP contribution is -2.39. The topological polar surface area (TPSA) is 32.3 Å². The lowest BCUT2D eigenvalue weighted by atomic mass is 9.94. The zero-order valence-corrected chi connectivity index (χ0v) is 13.2. The molecule has 2 aliphatic rings. The second-order valence-electron chi connectivity index (χ2n) is 6.69. The minimum absolute atomic E-state index is 0.285.